The maximum absolute atomic E-state index is 11.8. The summed E-state index contributed by atoms with van der Waals surface area (Å²) < 4.78 is 23.8. The summed E-state index contributed by atoms with van der Waals surface area (Å²) in [6.07, 6.45) is 0.196. The van der Waals surface area contributed by atoms with Gasteiger partial charge in [-0.05, 0) is 11.4 Å². The van der Waals surface area contributed by atoms with Crippen molar-refractivity contribution in [2.45, 2.75) is 10.6 Å². The molecule has 1 aromatic rings. The molecular weight excluding hydrogens is 260 g/mol. The summed E-state index contributed by atoms with van der Waals surface area (Å²) in [5.74, 6) is -1.04. The second kappa shape index (κ2) is 5.80. The minimum Gasteiger partial charge on any atom is -0.344 e. The molecule has 0 aliphatic carbocycles. The van der Waals surface area contributed by atoms with Gasteiger partial charge >= 0.3 is 0 Å². The van der Waals surface area contributed by atoms with E-state index >= 15 is 0 Å². The van der Waals surface area contributed by atoms with Crippen molar-refractivity contribution >= 4 is 27.1 Å². The van der Waals surface area contributed by atoms with E-state index in [0.717, 1.165) is 11.3 Å². The Morgan fingerprint density at radius 1 is 1.59 bits per heavy atom. The van der Waals surface area contributed by atoms with Crippen molar-refractivity contribution in [2.75, 3.05) is 19.3 Å². The standard InChI is InChI=1S/C10H12N2O3S2/c1-12(6-3-5-11)9(13)8-17(14,15)10-4-2-7-16-10/h2,4,7H,3,6,8H2,1H3. The molecule has 1 rings (SSSR count). The first kappa shape index (κ1) is 13.7. The third kappa shape index (κ3) is 3.84. The number of rotatable bonds is 5. The van der Waals surface area contributed by atoms with Crippen molar-refractivity contribution in [3.05, 3.63) is 17.5 Å². The molecule has 1 aromatic heterocycles. The lowest BCUT2D eigenvalue weighted by Crippen LogP contribution is -2.33. The van der Waals surface area contributed by atoms with Gasteiger partial charge in [0.15, 0.2) is 9.84 Å². The zero-order chi connectivity index (χ0) is 12.9. The molecule has 0 N–H and O–H groups in total. The van der Waals surface area contributed by atoms with Crippen LogP contribution in [-0.4, -0.2) is 38.6 Å². The third-order valence-corrected chi connectivity index (χ3v) is 5.19. The zero-order valence-corrected chi connectivity index (χ0v) is 10.9. The van der Waals surface area contributed by atoms with E-state index in [-0.39, 0.29) is 17.2 Å². The van der Waals surface area contributed by atoms with Crippen LogP contribution < -0.4 is 0 Å². The number of carbonyl (C=O) groups is 1. The summed E-state index contributed by atoms with van der Waals surface area (Å²) >= 11 is 1.09. The van der Waals surface area contributed by atoms with Gasteiger partial charge in [0.2, 0.25) is 5.91 Å². The number of carbonyl (C=O) groups excluding carboxylic acids is 1. The van der Waals surface area contributed by atoms with Crippen LogP contribution in [0.4, 0.5) is 0 Å². The van der Waals surface area contributed by atoms with Gasteiger partial charge in [-0.1, -0.05) is 6.07 Å². The predicted molar refractivity (Wildman–Crippen MR) is 64.2 cm³/mol. The Bertz CT molecular complexity index is 514. The number of hydrogen-bond acceptors (Lipinski definition) is 5. The fourth-order valence-electron chi connectivity index (χ4n) is 1.13. The first-order valence-corrected chi connectivity index (χ1v) is 7.38. The van der Waals surface area contributed by atoms with Crippen LogP contribution in [0.5, 0.6) is 0 Å². The van der Waals surface area contributed by atoms with Crippen molar-refractivity contribution < 1.29 is 13.2 Å². The molecule has 0 bridgehead atoms. The van der Waals surface area contributed by atoms with Gasteiger partial charge in [-0.25, -0.2) is 8.42 Å². The molecule has 7 heteroatoms. The van der Waals surface area contributed by atoms with Crippen LogP contribution in [0.15, 0.2) is 21.7 Å². The Morgan fingerprint density at radius 2 is 2.29 bits per heavy atom. The van der Waals surface area contributed by atoms with Gasteiger partial charge in [-0.3, -0.25) is 4.79 Å². The molecule has 0 saturated heterocycles. The smallest absolute Gasteiger partial charge is 0.237 e. The largest absolute Gasteiger partial charge is 0.344 e. The van der Waals surface area contributed by atoms with Crippen molar-refractivity contribution in [1.82, 2.24) is 4.90 Å². The highest BCUT2D eigenvalue weighted by Crippen LogP contribution is 2.17. The van der Waals surface area contributed by atoms with E-state index in [1.807, 2.05) is 6.07 Å². The minimum atomic E-state index is -3.54. The fourth-order valence-corrected chi connectivity index (χ4v) is 3.48. The molecule has 0 unspecified atom stereocenters. The lowest BCUT2D eigenvalue weighted by molar-refractivity contribution is -0.127. The Balaban J connectivity index is 2.66. The molecule has 1 heterocycles. The number of nitriles is 1. The molecule has 92 valence electrons. The third-order valence-electron chi connectivity index (χ3n) is 2.10. The second-order valence-corrected chi connectivity index (χ2v) is 6.58. The van der Waals surface area contributed by atoms with E-state index in [2.05, 4.69) is 0 Å². The van der Waals surface area contributed by atoms with Crippen LogP contribution in [0.25, 0.3) is 0 Å². The zero-order valence-electron chi connectivity index (χ0n) is 9.29. The van der Waals surface area contributed by atoms with Gasteiger partial charge in [-0.15, -0.1) is 11.3 Å². The highest BCUT2D eigenvalue weighted by Gasteiger charge is 2.22. The molecule has 0 radical (unpaired) electrons. The summed E-state index contributed by atoms with van der Waals surface area (Å²) in [7, 11) is -2.05. The summed E-state index contributed by atoms with van der Waals surface area (Å²) in [5, 5.41) is 10.0. The van der Waals surface area contributed by atoms with Gasteiger partial charge < -0.3 is 4.90 Å². The monoisotopic (exact) mass is 272 g/mol. The average molecular weight is 272 g/mol. The minimum absolute atomic E-state index is 0.194. The molecular formula is C10H12N2O3S2. The van der Waals surface area contributed by atoms with E-state index in [9.17, 15) is 13.2 Å². The summed E-state index contributed by atoms with van der Waals surface area (Å²) in [6, 6.07) is 5.00. The number of hydrogen-bond donors (Lipinski definition) is 0. The van der Waals surface area contributed by atoms with Gasteiger partial charge in [-0.2, -0.15) is 5.26 Å². The van der Waals surface area contributed by atoms with E-state index in [0.29, 0.717) is 0 Å². The summed E-state index contributed by atoms with van der Waals surface area (Å²) in [4.78, 5) is 12.9. The summed E-state index contributed by atoms with van der Waals surface area (Å²) in [6.45, 7) is 0.245. The molecule has 5 nitrogen and oxygen atoms in total. The molecule has 0 spiro atoms. The van der Waals surface area contributed by atoms with Crippen LogP contribution >= 0.6 is 11.3 Å². The SMILES string of the molecule is CN(CCC#N)C(=O)CS(=O)(=O)c1cccs1. The molecule has 0 saturated carbocycles. The van der Waals surface area contributed by atoms with Gasteiger partial charge in [0.05, 0.1) is 12.5 Å². The molecule has 1 amide bonds. The molecule has 0 atom stereocenters. The van der Waals surface area contributed by atoms with Gasteiger partial charge in [0, 0.05) is 13.6 Å². The maximum Gasteiger partial charge on any atom is 0.237 e. The topological polar surface area (TPSA) is 78.2 Å². The Labute approximate surface area is 104 Å². The van der Waals surface area contributed by atoms with Crippen LogP contribution in [-0.2, 0) is 14.6 Å². The van der Waals surface area contributed by atoms with E-state index in [1.165, 1.54) is 18.0 Å². The molecule has 0 fully saturated rings. The molecule has 0 aromatic carbocycles. The molecule has 0 aliphatic heterocycles. The van der Waals surface area contributed by atoms with Crippen LogP contribution in [0.2, 0.25) is 0 Å². The Kier molecular flexibility index (Phi) is 4.66. The fraction of sp³-hybridized carbons (Fsp3) is 0.400. The van der Waals surface area contributed by atoms with Crippen LogP contribution in [0.1, 0.15) is 6.42 Å². The molecule has 17 heavy (non-hydrogen) atoms. The lowest BCUT2D eigenvalue weighted by Gasteiger charge is -2.14. The molecule has 0 aliphatic rings. The Morgan fingerprint density at radius 3 is 2.82 bits per heavy atom. The normalized spacial score (nSPS) is 10.8. The first-order chi connectivity index (χ1) is 7.97. The second-order valence-electron chi connectivity index (χ2n) is 3.41. The van der Waals surface area contributed by atoms with Crippen LogP contribution in [0.3, 0.4) is 0 Å². The first-order valence-electron chi connectivity index (χ1n) is 4.84. The number of sulfone groups is 1. The van der Waals surface area contributed by atoms with E-state index in [1.54, 1.807) is 11.4 Å². The van der Waals surface area contributed by atoms with Crippen LogP contribution in [0, 0.1) is 11.3 Å². The number of nitrogens with zero attached hydrogens (tertiary/aromatic N) is 2. The quantitative estimate of drug-likeness (QED) is 0.797. The Hall–Kier alpha value is -1.39. The highest BCUT2D eigenvalue weighted by molar-refractivity contribution is 7.94. The highest BCUT2D eigenvalue weighted by atomic mass is 32.2. The van der Waals surface area contributed by atoms with Crippen molar-refractivity contribution in [1.29, 1.82) is 5.26 Å². The number of amides is 1. The van der Waals surface area contributed by atoms with Crippen molar-refractivity contribution in [3.63, 3.8) is 0 Å². The summed E-state index contributed by atoms with van der Waals surface area (Å²) in [5.41, 5.74) is 0. The van der Waals surface area contributed by atoms with E-state index < -0.39 is 21.5 Å². The average Bonchev–Trinajstić information content (AvgIpc) is 2.79. The predicted octanol–water partition coefficient (Wildman–Crippen LogP) is 0.894. The van der Waals surface area contributed by atoms with Gasteiger partial charge in [0.1, 0.15) is 9.96 Å². The van der Waals surface area contributed by atoms with Gasteiger partial charge in [0.25, 0.3) is 0 Å². The van der Waals surface area contributed by atoms with Crippen molar-refractivity contribution in [3.8, 4) is 6.07 Å². The van der Waals surface area contributed by atoms with E-state index in [4.69, 9.17) is 5.26 Å². The maximum atomic E-state index is 11.8. The number of thiophene rings is 1. The lowest BCUT2D eigenvalue weighted by atomic mass is 10.4. The van der Waals surface area contributed by atoms with Crippen molar-refractivity contribution in [2.24, 2.45) is 0 Å².